The number of esters is 1. The quantitative estimate of drug-likeness (QED) is 0.312. The zero-order valence-electron chi connectivity index (χ0n) is 14.5. The second-order valence-corrected chi connectivity index (χ2v) is 5.41. The van der Waals surface area contributed by atoms with Gasteiger partial charge in [-0.1, -0.05) is 71.3 Å². The number of hydrogen-bond acceptors (Lipinski definition) is 3. The maximum absolute atomic E-state index is 11.1. The van der Waals surface area contributed by atoms with E-state index in [4.69, 9.17) is 9.84 Å². The van der Waals surface area contributed by atoms with Crippen molar-refractivity contribution in [2.45, 2.75) is 85.0 Å². The monoisotopic (exact) mass is 300 g/mol. The summed E-state index contributed by atoms with van der Waals surface area (Å²) >= 11 is 0. The van der Waals surface area contributed by atoms with Gasteiger partial charge in [-0.15, -0.1) is 0 Å². The highest BCUT2D eigenvalue weighted by molar-refractivity contribution is 5.86. The lowest BCUT2D eigenvalue weighted by molar-refractivity contribution is -0.139. The standard InChI is InChI=1S/C16H30O2.C2H6O/c1-4-5-6-7-8-9-10-11-12-13-14-18-16(17)15(2)3;1-2-3/h2,4-14H2,1,3H3;3H,2H2,1H3. The summed E-state index contributed by atoms with van der Waals surface area (Å²) in [4.78, 5) is 11.1. The molecule has 0 aromatic rings. The van der Waals surface area contributed by atoms with Crippen LogP contribution in [0.2, 0.25) is 0 Å². The fourth-order valence-corrected chi connectivity index (χ4v) is 1.88. The summed E-state index contributed by atoms with van der Waals surface area (Å²) in [7, 11) is 0. The van der Waals surface area contributed by atoms with Crippen molar-refractivity contribution in [3.63, 3.8) is 0 Å². The van der Waals surface area contributed by atoms with E-state index in [1.165, 1.54) is 57.8 Å². The Balaban J connectivity index is 0. The van der Waals surface area contributed by atoms with Crippen molar-refractivity contribution in [3.8, 4) is 0 Å². The number of aliphatic hydroxyl groups is 1. The van der Waals surface area contributed by atoms with Crippen LogP contribution in [0.15, 0.2) is 12.2 Å². The van der Waals surface area contributed by atoms with Gasteiger partial charge in [0.15, 0.2) is 0 Å². The number of carbonyl (C=O) groups excluding carboxylic acids is 1. The van der Waals surface area contributed by atoms with Gasteiger partial charge in [0.1, 0.15) is 0 Å². The molecule has 0 saturated heterocycles. The van der Waals surface area contributed by atoms with Gasteiger partial charge in [0.2, 0.25) is 0 Å². The zero-order chi connectivity index (χ0) is 16.3. The highest BCUT2D eigenvalue weighted by Crippen LogP contribution is 2.10. The van der Waals surface area contributed by atoms with Crippen LogP contribution in [0.5, 0.6) is 0 Å². The van der Waals surface area contributed by atoms with Crippen LogP contribution in [0.3, 0.4) is 0 Å². The molecule has 0 aliphatic rings. The second-order valence-electron chi connectivity index (χ2n) is 5.41. The number of unbranched alkanes of at least 4 members (excludes halogenated alkanes) is 9. The number of aliphatic hydroxyl groups excluding tert-OH is 1. The molecule has 0 rings (SSSR count). The van der Waals surface area contributed by atoms with Gasteiger partial charge in [0, 0.05) is 12.2 Å². The molecule has 0 spiro atoms. The van der Waals surface area contributed by atoms with Gasteiger partial charge in [-0.25, -0.2) is 4.79 Å². The molecule has 1 N–H and O–H groups in total. The minimum Gasteiger partial charge on any atom is -0.462 e. The normalized spacial score (nSPS) is 9.71. The van der Waals surface area contributed by atoms with Crippen LogP contribution < -0.4 is 0 Å². The van der Waals surface area contributed by atoms with Crippen molar-refractivity contribution >= 4 is 5.97 Å². The molecule has 126 valence electrons. The Morgan fingerprint density at radius 1 is 0.905 bits per heavy atom. The van der Waals surface area contributed by atoms with E-state index in [1.807, 2.05) is 0 Å². The second kappa shape index (κ2) is 19.2. The summed E-state index contributed by atoms with van der Waals surface area (Å²) in [6, 6.07) is 0. The average molecular weight is 300 g/mol. The van der Waals surface area contributed by atoms with E-state index in [-0.39, 0.29) is 12.6 Å². The van der Waals surface area contributed by atoms with Crippen molar-refractivity contribution in [2.24, 2.45) is 0 Å². The maximum atomic E-state index is 11.1. The molecule has 21 heavy (non-hydrogen) atoms. The number of hydrogen-bond donors (Lipinski definition) is 1. The maximum Gasteiger partial charge on any atom is 0.333 e. The molecular weight excluding hydrogens is 264 g/mol. The minimum atomic E-state index is -0.258. The highest BCUT2D eigenvalue weighted by atomic mass is 16.5. The van der Waals surface area contributed by atoms with Gasteiger partial charge >= 0.3 is 5.97 Å². The Labute approximate surface area is 131 Å². The molecule has 0 fully saturated rings. The molecule has 0 aromatic heterocycles. The Kier molecular flexibility index (Phi) is 20.5. The first-order chi connectivity index (χ1) is 10.1. The Morgan fingerprint density at radius 3 is 1.67 bits per heavy atom. The third kappa shape index (κ3) is 21.6. The molecule has 0 unspecified atom stereocenters. The van der Waals surface area contributed by atoms with E-state index in [9.17, 15) is 4.79 Å². The first-order valence-electron chi connectivity index (χ1n) is 8.53. The molecule has 0 bridgehead atoms. The van der Waals surface area contributed by atoms with Gasteiger partial charge in [-0.3, -0.25) is 0 Å². The van der Waals surface area contributed by atoms with Crippen LogP contribution in [0.25, 0.3) is 0 Å². The molecule has 0 heterocycles. The highest BCUT2D eigenvalue weighted by Gasteiger charge is 2.01. The molecule has 0 aliphatic carbocycles. The summed E-state index contributed by atoms with van der Waals surface area (Å²) in [5.41, 5.74) is 0.488. The van der Waals surface area contributed by atoms with E-state index >= 15 is 0 Å². The SMILES string of the molecule is C=C(C)C(=O)OCCCCCCCCCCCC.CCO. The van der Waals surface area contributed by atoms with Gasteiger partial charge in [0.05, 0.1) is 6.61 Å². The lowest BCUT2D eigenvalue weighted by Crippen LogP contribution is -2.05. The van der Waals surface area contributed by atoms with E-state index in [0.29, 0.717) is 12.2 Å². The van der Waals surface area contributed by atoms with Gasteiger partial charge < -0.3 is 9.84 Å². The van der Waals surface area contributed by atoms with Crippen molar-refractivity contribution in [3.05, 3.63) is 12.2 Å². The van der Waals surface area contributed by atoms with Crippen molar-refractivity contribution in [1.82, 2.24) is 0 Å². The summed E-state index contributed by atoms with van der Waals surface area (Å²) < 4.78 is 5.04. The summed E-state index contributed by atoms with van der Waals surface area (Å²) in [6.45, 7) is 9.96. The Bertz CT molecular complexity index is 237. The smallest absolute Gasteiger partial charge is 0.333 e. The molecule has 0 aromatic carbocycles. The molecule has 0 amide bonds. The number of carbonyl (C=O) groups is 1. The van der Waals surface area contributed by atoms with Crippen molar-refractivity contribution < 1.29 is 14.6 Å². The van der Waals surface area contributed by atoms with E-state index < -0.39 is 0 Å². The first-order valence-corrected chi connectivity index (χ1v) is 8.53. The molecule has 0 radical (unpaired) electrons. The van der Waals surface area contributed by atoms with Gasteiger partial charge in [-0.2, -0.15) is 0 Å². The Hall–Kier alpha value is -0.830. The van der Waals surface area contributed by atoms with Crippen molar-refractivity contribution in [1.29, 1.82) is 0 Å². The topological polar surface area (TPSA) is 46.5 Å². The fraction of sp³-hybridized carbons (Fsp3) is 0.833. The summed E-state index contributed by atoms with van der Waals surface area (Å²) in [5, 5.41) is 7.57. The summed E-state index contributed by atoms with van der Waals surface area (Å²) in [5.74, 6) is -0.258. The molecular formula is C18H36O3. The van der Waals surface area contributed by atoms with Crippen LogP contribution >= 0.6 is 0 Å². The van der Waals surface area contributed by atoms with Crippen LogP contribution in [0, 0.1) is 0 Å². The number of rotatable bonds is 12. The van der Waals surface area contributed by atoms with Crippen molar-refractivity contribution in [2.75, 3.05) is 13.2 Å². The van der Waals surface area contributed by atoms with E-state index in [2.05, 4.69) is 13.5 Å². The minimum absolute atomic E-state index is 0.250. The fourth-order valence-electron chi connectivity index (χ4n) is 1.88. The largest absolute Gasteiger partial charge is 0.462 e. The third-order valence-corrected chi connectivity index (χ3v) is 3.08. The predicted molar refractivity (Wildman–Crippen MR) is 90.4 cm³/mol. The first kappa shape index (κ1) is 22.5. The molecule has 0 saturated carbocycles. The summed E-state index contributed by atoms with van der Waals surface area (Å²) in [6.07, 6.45) is 13.0. The Morgan fingerprint density at radius 2 is 1.29 bits per heavy atom. The number of ether oxygens (including phenoxy) is 1. The van der Waals surface area contributed by atoms with Gasteiger partial charge in [0.25, 0.3) is 0 Å². The van der Waals surface area contributed by atoms with Crippen LogP contribution in [-0.2, 0) is 9.53 Å². The van der Waals surface area contributed by atoms with E-state index in [0.717, 1.165) is 6.42 Å². The average Bonchev–Trinajstić information content (AvgIpc) is 2.45. The van der Waals surface area contributed by atoms with E-state index in [1.54, 1.807) is 13.8 Å². The third-order valence-electron chi connectivity index (χ3n) is 3.08. The lowest BCUT2D eigenvalue weighted by atomic mass is 10.1. The van der Waals surface area contributed by atoms with Crippen LogP contribution in [0.1, 0.15) is 85.0 Å². The molecule has 3 nitrogen and oxygen atoms in total. The lowest BCUT2D eigenvalue weighted by Gasteiger charge is -2.04. The van der Waals surface area contributed by atoms with Crippen LogP contribution in [-0.4, -0.2) is 24.3 Å². The molecule has 3 heteroatoms. The zero-order valence-corrected chi connectivity index (χ0v) is 14.5. The predicted octanol–water partition coefficient (Wildman–Crippen LogP) is 5.03. The van der Waals surface area contributed by atoms with Crippen LogP contribution in [0.4, 0.5) is 0 Å². The molecule has 0 atom stereocenters. The van der Waals surface area contributed by atoms with Gasteiger partial charge in [-0.05, 0) is 20.3 Å². The molecule has 0 aliphatic heterocycles.